The van der Waals surface area contributed by atoms with Gasteiger partial charge < -0.3 is 10.2 Å². The maximum atomic E-state index is 13.3. The first-order valence-electron chi connectivity index (χ1n) is 7.44. The standard InChI is InChI=1S/C15H19FN2O3S/c16-13-3-1-2-11(8-13)12-4-6-18(9-12)15(19)17-14-5-7-22(20,21)10-14/h1-3,8,12,14H,4-7,9-10H2,(H,17,19)/t12-,14+/m1/s1. The Hall–Kier alpha value is -1.63. The van der Waals surface area contributed by atoms with Crippen LogP contribution in [-0.4, -0.2) is 50.0 Å². The van der Waals surface area contributed by atoms with Crippen LogP contribution in [0.1, 0.15) is 24.3 Å². The quantitative estimate of drug-likeness (QED) is 0.896. The summed E-state index contributed by atoms with van der Waals surface area (Å²) in [6, 6.07) is 5.96. The number of nitrogens with one attached hydrogen (secondary N) is 1. The molecule has 3 rings (SSSR count). The first-order chi connectivity index (χ1) is 10.4. The number of sulfone groups is 1. The van der Waals surface area contributed by atoms with Gasteiger partial charge in [0, 0.05) is 25.0 Å². The zero-order valence-electron chi connectivity index (χ0n) is 12.2. The molecular formula is C15H19FN2O3S. The molecule has 2 fully saturated rings. The molecule has 22 heavy (non-hydrogen) atoms. The van der Waals surface area contributed by atoms with E-state index in [4.69, 9.17) is 0 Å². The molecule has 2 amide bonds. The topological polar surface area (TPSA) is 66.5 Å². The molecule has 7 heteroatoms. The molecule has 5 nitrogen and oxygen atoms in total. The number of urea groups is 1. The van der Waals surface area contributed by atoms with Crippen LogP contribution in [0, 0.1) is 5.82 Å². The minimum Gasteiger partial charge on any atom is -0.334 e. The molecule has 0 bridgehead atoms. The molecule has 2 atom stereocenters. The van der Waals surface area contributed by atoms with Gasteiger partial charge in [0.2, 0.25) is 0 Å². The lowest BCUT2D eigenvalue weighted by Crippen LogP contribution is -2.44. The highest BCUT2D eigenvalue weighted by atomic mass is 32.2. The Bertz CT molecular complexity index is 677. The number of hydrogen-bond donors (Lipinski definition) is 1. The van der Waals surface area contributed by atoms with Gasteiger partial charge in [-0.25, -0.2) is 17.6 Å². The zero-order valence-corrected chi connectivity index (χ0v) is 13.0. The van der Waals surface area contributed by atoms with E-state index in [1.54, 1.807) is 11.0 Å². The van der Waals surface area contributed by atoms with Crippen molar-refractivity contribution in [3.05, 3.63) is 35.6 Å². The maximum Gasteiger partial charge on any atom is 0.317 e. The molecule has 2 aliphatic rings. The number of halogens is 1. The maximum absolute atomic E-state index is 13.3. The normalized spacial score (nSPS) is 27.0. The van der Waals surface area contributed by atoms with E-state index in [0.717, 1.165) is 12.0 Å². The molecule has 1 aromatic carbocycles. The van der Waals surface area contributed by atoms with Crippen molar-refractivity contribution in [3.63, 3.8) is 0 Å². The second-order valence-corrected chi connectivity index (χ2v) is 8.26. The molecule has 1 aromatic rings. The highest BCUT2D eigenvalue weighted by Gasteiger charge is 2.32. The summed E-state index contributed by atoms with van der Waals surface area (Å²) in [7, 11) is -3.00. The zero-order chi connectivity index (χ0) is 15.7. The Balaban J connectivity index is 1.57. The minimum atomic E-state index is -3.00. The Morgan fingerprint density at radius 2 is 2.14 bits per heavy atom. The highest BCUT2D eigenvalue weighted by Crippen LogP contribution is 2.27. The third-order valence-electron chi connectivity index (χ3n) is 4.36. The van der Waals surface area contributed by atoms with E-state index < -0.39 is 9.84 Å². The van der Waals surface area contributed by atoms with Gasteiger partial charge in [0.15, 0.2) is 9.84 Å². The molecule has 0 saturated carbocycles. The average Bonchev–Trinajstić information content (AvgIpc) is 3.06. The molecule has 120 valence electrons. The molecule has 0 unspecified atom stereocenters. The van der Waals surface area contributed by atoms with E-state index in [1.165, 1.54) is 12.1 Å². The van der Waals surface area contributed by atoms with Crippen molar-refractivity contribution in [2.75, 3.05) is 24.6 Å². The average molecular weight is 326 g/mol. The molecule has 0 aromatic heterocycles. The molecule has 2 heterocycles. The van der Waals surface area contributed by atoms with Crippen LogP contribution < -0.4 is 5.32 Å². The van der Waals surface area contributed by atoms with Crippen molar-refractivity contribution in [2.45, 2.75) is 24.8 Å². The van der Waals surface area contributed by atoms with Crippen molar-refractivity contribution in [3.8, 4) is 0 Å². The fourth-order valence-corrected chi connectivity index (χ4v) is 4.83. The molecule has 0 spiro atoms. The Morgan fingerprint density at radius 3 is 2.82 bits per heavy atom. The van der Waals surface area contributed by atoms with Crippen molar-refractivity contribution >= 4 is 15.9 Å². The van der Waals surface area contributed by atoms with Crippen LogP contribution in [0.5, 0.6) is 0 Å². The highest BCUT2D eigenvalue weighted by molar-refractivity contribution is 7.91. The van der Waals surface area contributed by atoms with Crippen LogP contribution in [-0.2, 0) is 9.84 Å². The summed E-state index contributed by atoms with van der Waals surface area (Å²) in [5.41, 5.74) is 0.902. The fraction of sp³-hybridized carbons (Fsp3) is 0.533. The molecule has 0 aliphatic carbocycles. The summed E-state index contributed by atoms with van der Waals surface area (Å²) in [5.74, 6) is 0.0364. The molecule has 1 N–H and O–H groups in total. The predicted molar refractivity (Wildman–Crippen MR) is 80.9 cm³/mol. The molecule has 2 aliphatic heterocycles. The van der Waals surface area contributed by atoms with Crippen LogP contribution >= 0.6 is 0 Å². The van der Waals surface area contributed by atoms with Gasteiger partial charge in [0.25, 0.3) is 0 Å². The largest absolute Gasteiger partial charge is 0.334 e. The molecule has 0 radical (unpaired) electrons. The van der Waals surface area contributed by atoms with Crippen LogP contribution in [0.15, 0.2) is 24.3 Å². The third kappa shape index (κ3) is 3.40. The number of carbonyl (C=O) groups is 1. The SMILES string of the molecule is O=C(N[C@H]1CCS(=O)(=O)C1)N1CC[C@@H](c2cccc(F)c2)C1. The van der Waals surface area contributed by atoms with Gasteiger partial charge in [-0.3, -0.25) is 0 Å². The minimum absolute atomic E-state index is 0.0277. The van der Waals surface area contributed by atoms with Crippen LogP contribution in [0.25, 0.3) is 0 Å². The summed E-state index contributed by atoms with van der Waals surface area (Å²) in [6.07, 6.45) is 1.27. The lowest BCUT2D eigenvalue weighted by atomic mass is 9.98. The van der Waals surface area contributed by atoms with Gasteiger partial charge in [-0.1, -0.05) is 12.1 Å². The van der Waals surface area contributed by atoms with E-state index in [2.05, 4.69) is 5.32 Å². The Morgan fingerprint density at radius 1 is 1.32 bits per heavy atom. The van der Waals surface area contributed by atoms with Gasteiger partial charge in [-0.2, -0.15) is 0 Å². The van der Waals surface area contributed by atoms with Crippen molar-refractivity contribution < 1.29 is 17.6 Å². The van der Waals surface area contributed by atoms with E-state index in [0.29, 0.717) is 19.5 Å². The van der Waals surface area contributed by atoms with E-state index in [-0.39, 0.29) is 35.3 Å². The lowest BCUT2D eigenvalue weighted by molar-refractivity contribution is 0.205. The van der Waals surface area contributed by atoms with Gasteiger partial charge >= 0.3 is 6.03 Å². The van der Waals surface area contributed by atoms with Gasteiger partial charge in [0.1, 0.15) is 5.82 Å². The summed E-state index contributed by atoms with van der Waals surface area (Å²) >= 11 is 0. The number of carbonyl (C=O) groups excluding carboxylic acids is 1. The number of amides is 2. The van der Waals surface area contributed by atoms with Gasteiger partial charge in [0.05, 0.1) is 11.5 Å². The van der Waals surface area contributed by atoms with Crippen molar-refractivity contribution in [1.82, 2.24) is 10.2 Å². The number of benzene rings is 1. The second kappa shape index (κ2) is 5.87. The molecule has 2 saturated heterocycles. The van der Waals surface area contributed by atoms with E-state index in [9.17, 15) is 17.6 Å². The molecular weight excluding hydrogens is 307 g/mol. The third-order valence-corrected chi connectivity index (χ3v) is 6.12. The van der Waals surface area contributed by atoms with Crippen LogP contribution in [0.3, 0.4) is 0 Å². The number of rotatable bonds is 2. The monoisotopic (exact) mass is 326 g/mol. The Kier molecular flexibility index (Phi) is 4.08. The van der Waals surface area contributed by atoms with Gasteiger partial charge in [-0.05, 0) is 30.5 Å². The summed E-state index contributed by atoms with van der Waals surface area (Å²) in [5, 5.41) is 2.79. The van der Waals surface area contributed by atoms with Gasteiger partial charge in [-0.15, -0.1) is 0 Å². The summed E-state index contributed by atoms with van der Waals surface area (Å²) in [6.45, 7) is 1.14. The van der Waals surface area contributed by atoms with E-state index in [1.807, 2.05) is 6.07 Å². The Labute approximate surface area is 129 Å². The lowest BCUT2D eigenvalue weighted by Gasteiger charge is -2.20. The first kappa shape index (κ1) is 15.3. The number of nitrogens with zero attached hydrogens (tertiary/aromatic N) is 1. The van der Waals surface area contributed by atoms with Crippen LogP contribution in [0.2, 0.25) is 0 Å². The van der Waals surface area contributed by atoms with Crippen molar-refractivity contribution in [1.29, 1.82) is 0 Å². The number of hydrogen-bond acceptors (Lipinski definition) is 3. The fourth-order valence-electron chi connectivity index (χ4n) is 3.15. The smallest absolute Gasteiger partial charge is 0.317 e. The van der Waals surface area contributed by atoms with Crippen LogP contribution in [0.4, 0.5) is 9.18 Å². The second-order valence-electron chi connectivity index (χ2n) is 6.04. The number of likely N-dealkylation sites (tertiary alicyclic amines) is 1. The van der Waals surface area contributed by atoms with E-state index >= 15 is 0 Å². The first-order valence-corrected chi connectivity index (χ1v) is 9.26. The predicted octanol–water partition coefficient (Wildman–Crippen LogP) is 1.51. The summed E-state index contributed by atoms with van der Waals surface area (Å²) < 4.78 is 36.1. The summed E-state index contributed by atoms with van der Waals surface area (Å²) in [4.78, 5) is 13.9. The van der Waals surface area contributed by atoms with Crippen molar-refractivity contribution in [2.24, 2.45) is 0 Å².